The highest BCUT2D eigenvalue weighted by atomic mass is 16.7. The summed E-state index contributed by atoms with van der Waals surface area (Å²) in [6.07, 6.45) is -0.685. The molecule has 0 N–H and O–H groups in total. The van der Waals surface area contributed by atoms with Gasteiger partial charge in [-0.15, -0.1) is 0 Å². The van der Waals surface area contributed by atoms with Gasteiger partial charge in [-0.2, -0.15) is 0 Å². The third-order valence-electron chi connectivity index (χ3n) is 4.17. The van der Waals surface area contributed by atoms with Gasteiger partial charge in [0.2, 0.25) is 0 Å². The van der Waals surface area contributed by atoms with Crippen molar-refractivity contribution in [2.24, 2.45) is 0 Å². The van der Waals surface area contributed by atoms with E-state index in [1.807, 2.05) is 32.0 Å². The molecule has 2 heterocycles. The van der Waals surface area contributed by atoms with Crippen LogP contribution in [0.15, 0.2) is 23.0 Å². The third kappa shape index (κ3) is 2.95. The zero-order valence-corrected chi connectivity index (χ0v) is 14.1. The van der Waals surface area contributed by atoms with E-state index < -0.39 is 12.3 Å². The van der Waals surface area contributed by atoms with Crippen LogP contribution < -0.4 is 5.56 Å². The van der Waals surface area contributed by atoms with E-state index in [0.29, 0.717) is 18.8 Å². The predicted octanol–water partition coefficient (Wildman–Crippen LogP) is 2.23. The molecule has 0 spiro atoms. The Morgan fingerprint density at radius 2 is 1.92 bits per heavy atom. The number of aryl methyl sites for hydroxylation is 2. The second-order valence-corrected chi connectivity index (χ2v) is 5.83. The molecule has 1 aromatic heterocycles. The Bertz CT molecular complexity index is 833. The summed E-state index contributed by atoms with van der Waals surface area (Å²) >= 11 is 0. The van der Waals surface area contributed by atoms with Crippen LogP contribution in [0.5, 0.6) is 0 Å². The monoisotopic (exact) mass is 331 g/mol. The number of nitrogens with zero attached hydrogens (tertiary/aromatic N) is 1. The maximum atomic E-state index is 13.0. The Labute approximate surface area is 139 Å². The van der Waals surface area contributed by atoms with Gasteiger partial charge in [0.15, 0.2) is 6.29 Å². The van der Waals surface area contributed by atoms with Gasteiger partial charge in [0.25, 0.3) is 5.56 Å². The molecule has 0 amide bonds. The zero-order valence-electron chi connectivity index (χ0n) is 14.1. The van der Waals surface area contributed by atoms with Gasteiger partial charge in [-0.1, -0.05) is 12.1 Å². The molecular formula is C18H21NO5. The molecule has 128 valence electrons. The summed E-state index contributed by atoms with van der Waals surface area (Å²) in [6, 6.07) is 5.76. The molecule has 0 atom stereocenters. The molecule has 0 radical (unpaired) electrons. The summed E-state index contributed by atoms with van der Waals surface area (Å²) in [5, 5.41) is 0.910. The number of hydrogen-bond acceptors (Lipinski definition) is 5. The molecule has 6 nitrogen and oxygen atoms in total. The molecule has 1 aromatic carbocycles. The highest BCUT2D eigenvalue weighted by Crippen LogP contribution is 2.27. The lowest BCUT2D eigenvalue weighted by molar-refractivity contribution is -0.143. The molecule has 0 aliphatic carbocycles. The Morgan fingerprint density at radius 3 is 2.58 bits per heavy atom. The first-order valence-corrected chi connectivity index (χ1v) is 8.05. The standard InChI is InChI=1S/C18H21NO5/c1-4-22-15(20)10-19-16-12(3)6-5-11(2)13(16)9-14(17(19)21)18-23-7-8-24-18/h5-6,9,18H,4,7-8,10H2,1-3H3. The van der Waals surface area contributed by atoms with Crippen molar-refractivity contribution >= 4 is 16.9 Å². The Morgan fingerprint density at radius 1 is 1.25 bits per heavy atom. The quantitative estimate of drug-likeness (QED) is 0.804. The summed E-state index contributed by atoms with van der Waals surface area (Å²) in [5.74, 6) is -0.438. The Balaban J connectivity index is 2.24. The molecule has 0 bridgehead atoms. The van der Waals surface area contributed by atoms with Crippen LogP contribution in [0.25, 0.3) is 10.9 Å². The molecule has 6 heteroatoms. The van der Waals surface area contributed by atoms with Crippen LogP contribution in [-0.4, -0.2) is 30.4 Å². The SMILES string of the molecule is CCOC(=O)Cn1c(=O)c(C2OCCO2)cc2c(C)ccc(C)c21. The lowest BCUT2D eigenvalue weighted by atomic mass is 10.0. The minimum absolute atomic E-state index is 0.131. The molecule has 1 fully saturated rings. The molecule has 2 aromatic rings. The number of fused-ring (bicyclic) bond motifs is 1. The van der Waals surface area contributed by atoms with Gasteiger partial charge < -0.3 is 14.2 Å². The first-order chi connectivity index (χ1) is 11.5. The van der Waals surface area contributed by atoms with E-state index >= 15 is 0 Å². The summed E-state index contributed by atoms with van der Waals surface area (Å²) in [6.45, 7) is 6.68. The lowest BCUT2D eigenvalue weighted by Gasteiger charge is -2.17. The molecule has 1 aliphatic rings. The van der Waals surface area contributed by atoms with Crippen LogP contribution in [0.3, 0.4) is 0 Å². The summed E-state index contributed by atoms with van der Waals surface area (Å²) in [4.78, 5) is 25.0. The third-order valence-corrected chi connectivity index (χ3v) is 4.17. The van der Waals surface area contributed by atoms with Gasteiger partial charge in [0.1, 0.15) is 6.54 Å². The van der Waals surface area contributed by atoms with Crippen LogP contribution in [-0.2, 0) is 25.5 Å². The maximum absolute atomic E-state index is 13.0. The van der Waals surface area contributed by atoms with E-state index in [1.54, 1.807) is 6.92 Å². The van der Waals surface area contributed by atoms with Crippen molar-refractivity contribution < 1.29 is 19.0 Å². The van der Waals surface area contributed by atoms with Crippen molar-refractivity contribution in [3.8, 4) is 0 Å². The van der Waals surface area contributed by atoms with Crippen molar-refractivity contribution in [2.75, 3.05) is 19.8 Å². The highest BCUT2D eigenvalue weighted by Gasteiger charge is 2.25. The van der Waals surface area contributed by atoms with Crippen molar-refractivity contribution in [1.29, 1.82) is 0 Å². The van der Waals surface area contributed by atoms with E-state index in [4.69, 9.17) is 14.2 Å². The second-order valence-electron chi connectivity index (χ2n) is 5.83. The fourth-order valence-corrected chi connectivity index (χ4v) is 3.03. The van der Waals surface area contributed by atoms with E-state index in [1.165, 1.54) is 4.57 Å². The number of benzene rings is 1. The number of hydrogen-bond donors (Lipinski definition) is 0. The molecular weight excluding hydrogens is 310 g/mol. The van der Waals surface area contributed by atoms with Gasteiger partial charge >= 0.3 is 5.97 Å². The number of carbonyl (C=O) groups excluding carboxylic acids is 1. The number of aromatic nitrogens is 1. The molecule has 0 unspecified atom stereocenters. The average molecular weight is 331 g/mol. The minimum Gasteiger partial charge on any atom is -0.465 e. The fraction of sp³-hybridized carbons (Fsp3) is 0.444. The minimum atomic E-state index is -0.685. The smallest absolute Gasteiger partial charge is 0.326 e. The summed E-state index contributed by atoms with van der Waals surface area (Å²) < 4.78 is 17.5. The van der Waals surface area contributed by atoms with Gasteiger partial charge in [0, 0.05) is 5.39 Å². The van der Waals surface area contributed by atoms with Crippen LogP contribution in [0, 0.1) is 13.8 Å². The van der Waals surface area contributed by atoms with Gasteiger partial charge in [-0.3, -0.25) is 14.2 Å². The first-order valence-electron chi connectivity index (χ1n) is 8.05. The predicted molar refractivity (Wildman–Crippen MR) is 89.0 cm³/mol. The number of esters is 1. The summed E-state index contributed by atoms with van der Waals surface area (Å²) in [5.41, 5.74) is 2.83. The number of carbonyl (C=O) groups is 1. The van der Waals surface area contributed by atoms with Crippen molar-refractivity contribution in [1.82, 2.24) is 4.57 Å². The average Bonchev–Trinajstić information content (AvgIpc) is 3.07. The largest absolute Gasteiger partial charge is 0.465 e. The van der Waals surface area contributed by atoms with Crippen molar-refractivity contribution in [2.45, 2.75) is 33.6 Å². The van der Waals surface area contributed by atoms with Gasteiger partial charge in [-0.05, 0) is 38.0 Å². The number of rotatable bonds is 4. The molecule has 0 saturated carbocycles. The zero-order chi connectivity index (χ0) is 17.3. The van der Waals surface area contributed by atoms with Crippen LogP contribution in [0.2, 0.25) is 0 Å². The number of pyridine rings is 1. The lowest BCUT2D eigenvalue weighted by Crippen LogP contribution is -2.30. The molecule has 1 saturated heterocycles. The Hall–Kier alpha value is -2.18. The maximum Gasteiger partial charge on any atom is 0.326 e. The summed E-state index contributed by atoms with van der Waals surface area (Å²) in [7, 11) is 0. The molecule has 1 aliphatic heterocycles. The van der Waals surface area contributed by atoms with Crippen LogP contribution in [0.1, 0.15) is 29.9 Å². The highest BCUT2D eigenvalue weighted by molar-refractivity contribution is 5.87. The van der Waals surface area contributed by atoms with Gasteiger partial charge in [0.05, 0.1) is 30.9 Å². The molecule has 24 heavy (non-hydrogen) atoms. The fourth-order valence-electron chi connectivity index (χ4n) is 3.03. The van der Waals surface area contributed by atoms with Gasteiger partial charge in [-0.25, -0.2) is 0 Å². The second kappa shape index (κ2) is 6.75. The Kier molecular flexibility index (Phi) is 4.69. The normalized spacial score (nSPS) is 15.1. The van der Waals surface area contributed by atoms with E-state index in [9.17, 15) is 9.59 Å². The topological polar surface area (TPSA) is 66.8 Å². The molecule has 3 rings (SSSR count). The van der Waals surface area contributed by atoms with Crippen LogP contribution in [0.4, 0.5) is 0 Å². The van der Waals surface area contributed by atoms with Crippen LogP contribution >= 0.6 is 0 Å². The number of ether oxygens (including phenoxy) is 3. The first kappa shape index (κ1) is 16.7. The van der Waals surface area contributed by atoms with E-state index in [-0.39, 0.29) is 18.7 Å². The van der Waals surface area contributed by atoms with Crippen molar-refractivity contribution in [3.63, 3.8) is 0 Å². The van der Waals surface area contributed by atoms with Crippen molar-refractivity contribution in [3.05, 3.63) is 45.2 Å². The van der Waals surface area contributed by atoms with E-state index in [2.05, 4.69) is 0 Å². The van der Waals surface area contributed by atoms with E-state index in [0.717, 1.165) is 22.0 Å².